The summed E-state index contributed by atoms with van der Waals surface area (Å²) in [6.07, 6.45) is 13.4. The van der Waals surface area contributed by atoms with Crippen molar-refractivity contribution in [3.05, 3.63) is 81.1 Å². The summed E-state index contributed by atoms with van der Waals surface area (Å²) >= 11 is 0. The van der Waals surface area contributed by atoms with Gasteiger partial charge in [0.05, 0.1) is 6.04 Å². The van der Waals surface area contributed by atoms with Crippen LogP contribution in [0.2, 0.25) is 0 Å². The minimum Gasteiger partial charge on any atom is -0.404 e. The Kier molecular flexibility index (Phi) is 7.10. The van der Waals surface area contributed by atoms with Crippen molar-refractivity contribution in [3.63, 3.8) is 0 Å². The first-order chi connectivity index (χ1) is 16.4. The second kappa shape index (κ2) is 10.2. The molecule has 2 aromatic heterocycles. The van der Waals surface area contributed by atoms with E-state index in [0.29, 0.717) is 11.9 Å². The number of fused-ring (bicyclic) bond motifs is 1. The van der Waals surface area contributed by atoms with E-state index in [9.17, 15) is 4.79 Å². The summed E-state index contributed by atoms with van der Waals surface area (Å²) in [5, 5.41) is 0. The average Bonchev–Trinajstić information content (AvgIpc) is 3.68. The molecular formula is C27H34N6O. The quantitative estimate of drug-likeness (QED) is 0.503. The van der Waals surface area contributed by atoms with Gasteiger partial charge in [0.1, 0.15) is 5.82 Å². The van der Waals surface area contributed by atoms with Crippen LogP contribution in [0.25, 0.3) is 11.1 Å². The SMILES string of the molecule is CC/C=C(/C(C)=C(/C)c1nccc(=O)n1C)N1CCc2ncc(/C(C=NC3CC3)=C/N)cc2C1. The first kappa shape index (κ1) is 23.7. The molecular weight excluding hydrogens is 424 g/mol. The maximum absolute atomic E-state index is 12.1. The van der Waals surface area contributed by atoms with Crippen molar-refractivity contribution in [1.29, 1.82) is 0 Å². The zero-order valence-corrected chi connectivity index (χ0v) is 20.6. The minimum absolute atomic E-state index is 0.0577. The smallest absolute Gasteiger partial charge is 0.253 e. The topological polar surface area (TPSA) is 89.4 Å². The number of pyridine rings is 1. The first-order valence-electron chi connectivity index (χ1n) is 12.0. The van der Waals surface area contributed by atoms with E-state index >= 15 is 0 Å². The summed E-state index contributed by atoms with van der Waals surface area (Å²) in [4.78, 5) is 28.4. The van der Waals surface area contributed by atoms with E-state index in [0.717, 1.165) is 66.7 Å². The van der Waals surface area contributed by atoms with Crippen LogP contribution in [0.3, 0.4) is 0 Å². The van der Waals surface area contributed by atoms with Crippen LogP contribution in [0.5, 0.6) is 0 Å². The molecule has 34 heavy (non-hydrogen) atoms. The van der Waals surface area contributed by atoms with Crippen LogP contribution in [-0.2, 0) is 20.0 Å². The summed E-state index contributed by atoms with van der Waals surface area (Å²) in [5.74, 6) is 0.695. The molecule has 2 aliphatic rings. The molecule has 2 N–H and O–H groups in total. The van der Waals surface area contributed by atoms with Gasteiger partial charge in [0.25, 0.3) is 5.56 Å². The Morgan fingerprint density at radius 3 is 2.79 bits per heavy atom. The van der Waals surface area contributed by atoms with Gasteiger partial charge in [0, 0.05) is 80.0 Å². The fourth-order valence-corrected chi connectivity index (χ4v) is 4.31. The van der Waals surface area contributed by atoms with E-state index < -0.39 is 0 Å². The summed E-state index contributed by atoms with van der Waals surface area (Å²) in [6, 6.07) is 4.14. The van der Waals surface area contributed by atoms with Gasteiger partial charge in [-0.1, -0.05) is 13.0 Å². The van der Waals surface area contributed by atoms with Crippen molar-refractivity contribution >= 4 is 17.4 Å². The van der Waals surface area contributed by atoms with Crippen LogP contribution in [0.4, 0.5) is 0 Å². The largest absolute Gasteiger partial charge is 0.404 e. The molecule has 178 valence electrons. The fraction of sp³-hybridized carbons (Fsp3) is 0.407. The third kappa shape index (κ3) is 5.03. The Morgan fingerprint density at radius 1 is 1.29 bits per heavy atom. The van der Waals surface area contributed by atoms with Crippen LogP contribution in [0.15, 0.2) is 57.9 Å². The molecule has 0 spiro atoms. The zero-order valence-electron chi connectivity index (χ0n) is 20.6. The van der Waals surface area contributed by atoms with Crippen LogP contribution in [0.1, 0.15) is 62.7 Å². The monoisotopic (exact) mass is 458 g/mol. The van der Waals surface area contributed by atoms with E-state index in [1.54, 1.807) is 24.0 Å². The summed E-state index contributed by atoms with van der Waals surface area (Å²) in [7, 11) is 1.77. The Hall–Kier alpha value is -3.48. The number of nitrogens with zero attached hydrogens (tertiary/aromatic N) is 5. The molecule has 1 fully saturated rings. The molecule has 0 saturated heterocycles. The van der Waals surface area contributed by atoms with Crippen molar-refractivity contribution in [1.82, 2.24) is 19.4 Å². The molecule has 7 heteroatoms. The highest BCUT2D eigenvalue weighted by atomic mass is 16.1. The number of hydrogen-bond donors (Lipinski definition) is 1. The van der Waals surface area contributed by atoms with Gasteiger partial charge in [-0.3, -0.25) is 19.3 Å². The van der Waals surface area contributed by atoms with E-state index in [-0.39, 0.29) is 5.56 Å². The molecule has 0 unspecified atom stereocenters. The first-order valence-corrected chi connectivity index (χ1v) is 12.0. The van der Waals surface area contributed by atoms with Crippen LogP contribution >= 0.6 is 0 Å². The minimum atomic E-state index is -0.0577. The maximum atomic E-state index is 12.1. The molecule has 0 amide bonds. The Bertz CT molecular complexity index is 1250. The lowest BCUT2D eigenvalue weighted by Gasteiger charge is -2.33. The molecule has 1 aliphatic carbocycles. The molecule has 1 saturated carbocycles. The second-order valence-corrected chi connectivity index (χ2v) is 9.05. The van der Waals surface area contributed by atoms with Gasteiger partial charge < -0.3 is 10.6 Å². The lowest BCUT2D eigenvalue weighted by Crippen LogP contribution is -2.31. The maximum Gasteiger partial charge on any atom is 0.253 e. The lowest BCUT2D eigenvalue weighted by molar-refractivity contribution is 0.324. The summed E-state index contributed by atoms with van der Waals surface area (Å²) < 4.78 is 1.61. The number of allylic oxidation sites excluding steroid dienone is 4. The van der Waals surface area contributed by atoms with Gasteiger partial charge in [0.2, 0.25) is 0 Å². The average molecular weight is 459 g/mol. The number of aliphatic imine (C=N–C) groups is 1. The molecule has 0 atom stereocenters. The predicted octanol–water partition coefficient (Wildman–Crippen LogP) is 3.85. The lowest BCUT2D eigenvalue weighted by atomic mass is 9.98. The molecule has 7 nitrogen and oxygen atoms in total. The van der Waals surface area contributed by atoms with Gasteiger partial charge in [-0.15, -0.1) is 0 Å². The van der Waals surface area contributed by atoms with Gasteiger partial charge in [0.15, 0.2) is 0 Å². The van der Waals surface area contributed by atoms with Gasteiger partial charge in [-0.05, 0) is 55.9 Å². The molecule has 2 aromatic rings. The van der Waals surface area contributed by atoms with Crippen LogP contribution in [-0.4, -0.2) is 38.2 Å². The molecule has 0 bridgehead atoms. The van der Waals surface area contributed by atoms with Crippen molar-refractivity contribution in [2.75, 3.05) is 6.54 Å². The number of hydrogen-bond acceptors (Lipinski definition) is 6. The molecule has 4 rings (SSSR count). The Labute approximate surface area is 201 Å². The van der Waals surface area contributed by atoms with Crippen molar-refractivity contribution in [2.45, 2.75) is 59.0 Å². The van der Waals surface area contributed by atoms with Crippen LogP contribution in [0, 0.1) is 0 Å². The highest BCUT2D eigenvalue weighted by Crippen LogP contribution is 2.30. The van der Waals surface area contributed by atoms with Crippen molar-refractivity contribution < 1.29 is 0 Å². The number of rotatable bonds is 7. The predicted molar refractivity (Wildman–Crippen MR) is 138 cm³/mol. The summed E-state index contributed by atoms with van der Waals surface area (Å²) in [5.41, 5.74) is 13.4. The molecule has 1 aliphatic heterocycles. The molecule has 3 heterocycles. The van der Waals surface area contributed by atoms with Gasteiger partial charge >= 0.3 is 0 Å². The van der Waals surface area contributed by atoms with Crippen molar-refractivity contribution in [2.24, 2.45) is 17.8 Å². The summed E-state index contributed by atoms with van der Waals surface area (Å²) in [6.45, 7) is 7.96. The van der Waals surface area contributed by atoms with E-state index in [4.69, 9.17) is 10.7 Å². The highest BCUT2D eigenvalue weighted by molar-refractivity contribution is 6.09. The van der Waals surface area contributed by atoms with E-state index in [1.807, 2.05) is 19.3 Å². The normalized spacial score (nSPS) is 17.7. The Balaban J connectivity index is 1.64. The van der Waals surface area contributed by atoms with Crippen molar-refractivity contribution in [3.8, 4) is 0 Å². The van der Waals surface area contributed by atoms with E-state index in [2.05, 4.69) is 40.9 Å². The van der Waals surface area contributed by atoms with Crippen LogP contribution < -0.4 is 11.3 Å². The number of aromatic nitrogens is 3. The van der Waals surface area contributed by atoms with Gasteiger partial charge in [-0.25, -0.2) is 4.98 Å². The third-order valence-electron chi connectivity index (χ3n) is 6.61. The second-order valence-electron chi connectivity index (χ2n) is 9.05. The number of nitrogens with two attached hydrogens (primary N) is 1. The Morgan fingerprint density at radius 2 is 2.09 bits per heavy atom. The molecule has 0 radical (unpaired) electrons. The third-order valence-corrected chi connectivity index (χ3v) is 6.61. The molecule has 0 aromatic carbocycles. The fourth-order valence-electron chi connectivity index (χ4n) is 4.31. The van der Waals surface area contributed by atoms with E-state index in [1.165, 1.54) is 17.3 Å². The van der Waals surface area contributed by atoms with Gasteiger partial charge in [-0.2, -0.15) is 0 Å². The zero-order chi connectivity index (χ0) is 24.2. The highest BCUT2D eigenvalue weighted by Gasteiger charge is 2.23. The standard InChI is InChI=1S/C27H34N6O/c1-5-6-25(18(2)19(3)27-29-11-9-26(34)32(27)4)33-12-10-24-21(17-33)13-20(15-31-24)22(14-28)16-30-23-7-8-23/h6,9,11,13-16,23H,5,7-8,10,12,17,28H2,1-4H3/b19-18-,22-14+,25-6-,30-16?.